The van der Waals surface area contributed by atoms with Crippen LogP contribution < -0.4 is 4.74 Å². The fourth-order valence-corrected chi connectivity index (χ4v) is 3.89. The Morgan fingerprint density at radius 3 is 2.69 bits per heavy atom. The van der Waals surface area contributed by atoms with Crippen molar-refractivity contribution in [3.63, 3.8) is 0 Å². The summed E-state index contributed by atoms with van der Waals surface area (Å²) in [5.41, 5.74) is 0.758. The van der Waals surface area contributed by atoms with E-state index in [0.29, 0.717) is 38.0 Å². The number of aliphatic hydroxyl groups is 2. The molecule has 2 aliphatic rings. The van der Waals surface area contributed by atoms with Gasteiger partial charge in [-0.05, 0) is 37.5 Å². The highest BCUT2D eigenvalue weighted by Crippen LogP contribution is 2.36. The van der Waals surface area contributed by atoms with Gasteiger partial charge < -0.3 is 24.4 Å². The number of hydrogen-bond donors (Lipinski definition) is 2. The molecule has 3 rings (SSSR count). The second-order valence-electron chi connectivity index (χ2n) is 7.01. The van der Waals surface area contributed by atoms with Crippen LogP contribution in [0.5, 0.6) is 5.75 Å². The zero-order valence-corrected chi connectivity index (χ0v) is 15.3. The summed E-state index contributed by atoms with van der Waals surface area (Å²) >= 11 is 0. The lowest BCUT2D eigenvalue weighted by Gasteiger charge is -2.48. The van der Waals surface area contributed by atoms with Gasteiger partial charge in [-0.25, -0.2) is 4.79 Å². The van der Waals surface area contributed by atoms with Gasteiger partial charge in [-0.1, -0.05) is 0 Å². The van der Waals surface area contributed by atoms with Gasteiger partial charge in [-0.15, -0.1) is 0 Å². The summed E-state index contributed by atoms with van der Waals surface area (Å²) < 4.78 is 16.1. The van der Waals surface area contributed by atoms with Crippen molar-refractivity contribution in [3.8, 4) is 5.75 Å². The molecule has 1 aromatic carbocycles. The van der Waals surface area contributed by atoms with Crippen LogP contribution in [0.15, 0.2) is 18.2 Å². The van der Waals surface area contributed by atoms with E-state index < -0.39 is 17.8 Å². The Hall–Kier alpha value is -1.67. The standard InChI is InChI=1S/C19H27NO6/c1-24-16-4-3-13(18(23)25-2)11-14(16)12-20-8-6-19(7-9-20)17(22)15(21)5-10-26-19/h3-4,11,15,17,21-22H,5-10,12H2,1-2H3/t15-,17-/m0/s1. The lowest BCUT2D eigenvalue weighted by molar-refractivity contribution is -0.214. The lowest BCUT2D eigenvalue weighted by atomic mass is 9.80. The number of esters is 1. The third-order valence-corrected chi connectivity index (χ3v) is 5.50. The fourth-order valence-electron chi connectivity index (χ4n) is 3.89. The van der Waals surface area contributed by atoms with E-state index in [0.717, 1.165) is 24.4 Å². The van der Waals surface area contributed by atoms with Crippen molar-refractivity contribution in [1.29, 1.82) is 0 Å². The molecule has 7 nitrogen and oxygen atoms in total. The molecular formula is C19H27NO6. The molecule has 2 aliphatic heterocycles. The molecule has 0 radical (unpaired) electrons. The fraction of sp³-hybridized carbons (Fsp3) is 0.632. The maximum Gasteiger partial charge on any atom is 0.337 e. The maximum atomic E-state index is 11.8. The summed E-state index contributed by atoms with van der Waals surface area (Å²) in [7, 11) is 2.97. The number of benzene rings is 1. The van der Waals surface area contributed by atoms with Crippen LogP contribution in [0.3, 0.4) is 0 Å². The van der Waals surface area contributed by atoms with Crippen LogP contribution >= 0.6 is 0 Å². The monoisotopic (exact) mass is 365 g/mol. The van der Waals surface area contributed by atoms with Crippen LogP contribution in [0, 0.1) is 0 Å². The molecule has 2 heterocycles. The predicted octanol–water partition coefficient (Wildman–Crippen LogP) is 0.958. The van der Waals surface area contributed by atoms with Crippen molar-refractivity contribution in [2.24, 2.45) is 0 Å². The zero-order chi connectivity index (χ0) is 18.7. The van der Waals surface area contributed by atoms with Gasteiger partial charge in [-0.2, -0.15) is 0 Å². The number of ether oxygens (including phenoxy) is 3. The molecular weight excluding hydrogens is 338 g/mol. The predicted molar refractivity (Wildman–Crippen MR) is 94.2 cm³/mol. The zero-order valence-electron chi connectivity index (χ0n) is 15.3. The normalized spacial score (nSPS) is 25.8. The van der Waals surface area contributed by atoms with E-state index in [-0.39, 0.29) is 5.97 Å². The van der Waals surface area contributed by atoms with Gasteiger partial charge in [0.2, 0.25) is 0 Å². The highest BCUT2D eigenvalue weighted by Gasteiger charge is 2.47. The molecule has 0 saturated carbocycles. The molecule has 144 valence electrons. The highest BCUT2D eigenvalue weighted by atomic mass is 16.5. The first-order valence-corrected chi connectivity index (χ1v) is 8.97. The van der Waals surface area contributed by atoms with Crippen LogP contribution in [0.1, 0.15) is 35.2 Å². The van der Waals surface area contributed by atoms with Crippen molar-refractivity contribution in [1.82, 2.24) is 4.90 Å². The Balaban J connectivity index is 1.68. The highest BCUT2D eigenvalue weighted by molar-refractivity contribution is 5.89. The number of hydrogen-bond acceptors (Lipinski definition) is 7. The molecule has 0 aliphatic carbocycles. The number of methoxy groups -OCH3 is 2. The molecule has 0 unspecified atom stereocenters. The van der Waals surface area contributed by atoms with Crippen molar-refractivity contribution in [2.75, 3.05) is 33.9 Å². The van der Waals surface area contributed by atoms with Gasteiger partial charge in [0.15, 0.2) is 0 Å². The molecule has 2 atom stereocenters. The molecule has 0 bridgehead atoms. The molecule has 26 heavy (non-hydrogen) atoms. The largest absolute Gasteiger partial charge is 0.496 e. The van der Waals surface area contributed by atoms with E-state index in [1.54, 1.807) is 25.3 Å². The summed E-state index contributed by atoms with van der Waals surface area (Å²) in [5.74, 6) is 0.349. The van der Waals surface area contributed by atoms with E-state index in [4.69, 9.17) is 14.2 Å². The van der Waals surface area contributed by atoms with E-state index in [1.165, 1.54) is 7.11 Å². The first-order valence-electron chi connectivity index (χ1n) is 8.97. The summed E-state index contributed by atoms with van der Waals surface area (Å²) in [6, 6.07) is 5.26. The second-order valence-corrected chi connectivity index (χ2v) is 7.01. The minimum absolute atomic E-state index is 0.376. The molecule has 2 saturated heterocycles. The first-order chi connectivity index (χ1) is 12.5. The lowest BCUT2D eigenvalue weighted by Crippen LogP contribution is -2.59. The van der Waals surface area contributed by atoms with Gasteiger partial charge in [0.05, 0.1) is 38.1 Å². The minimum atomic E-state index is -0.837. The van der Waals surface area contributed by atoms with E-state index in [1.807, 2.05) is 0 Å². The van der Waals surface area contributed by atoms with E-state index >= 15 is 0 Å². The topological polar surface area (TPSA) is 88.5 Å². The SMILES string of the molecule is COC(=O)c1ccc(OC)c(CN2CCC3(CC2)OCC[C@H](O)[C@@H]3O)c1. The second kappa shape index (κ2) is 7.92. The Morgan fingerprint density at radius 1 is 1.31 bits per heavy atom. The van der Waals surface area contributed by atoms with Crippen molar-refractivity contribution >= 4 is 5.97 Å². The Labute approximate surface area is 153 Å². The van der Waals surface area contributed by atoms with Crippen LogP contribution in [0.4, 0.5) is 0 Å². The molecule has 2 N–H and O–H groups in total. The average Bonchev–Trinajstić information content (AvgIpc) is 2.67. The number of carbonyl (C=O) groups is 1. The third-order valence-electron chi connectivity index (χ3n) is 5.50. The minimum Gasteiger partial charge on any atom is -0.496 e. The maximum absolute atomic E-state index is 11.8. The van der Waals surface area contributed by atoms with Gasteiger partial charge >= 0.3 is 5.97 Å². The van der Waals surface area contributed by atoms with Crippen LogP contribution in [0.25, 0.3) is 0 Å². The molecule has 2 fully saturated rings. The van der Waals surface area contributed by atoms with E-state index in [9.17, 15) is 15.0 Å². The Morgan fingerprint density at radius 2 is 2.04 bits per heavy atom. The summed E-state index contributed by atoms with van der Waals surface area (Å²) in [5, 5.41) is 20.3. The van der Waals surface area contributed by atoms with Crippen LogP contribution in [-0.4, -0.2) is 72.8 Å². The first kappa shape index (κ1) is 19.1. The molecule has 0 aromatic heterocycles. The number of nitrogens with zero attached hydrogens (tertiary/aromatic N) is 1. The van der Waals surface area contributed by atoms with Gasteiger partial charge in [0, 0.05) is 25.2 Å². The van der Waals surface area contributed by atoms with Gasteiger partial charge in [-0.3, -0.25) is 4.90 Å². The number of rotatable bonds is 4. The van der Waals surface area contributed by atoms with Crippen molar-refractivity contribution < 1.29 is 29.2 Å². The van der Waals surface area contributed by atoms with E-state index in [2.05, 4.69) is 4.90 Å². The summed E-state index contributed by atoms with van der Waals surface area (Å²) in [6.45, 7) is 2.57. The average molecular weight is 365 g/mol. The van der Waals surface area contributed by atoms with Gasteiger partial charge in [0.25, 0.3) is 0 Å². The molecule has 7 heteroatoms. The van der Waals surface area contributed by atoms with Crippen molar-refractivity contribution in [3.05, 3.63) is 29.3 Å². The summed E-state index contributed by atoms with van der Waals surface area (Å²) in [6.07, 6.45) is 0.237. The van der Waals surface area contributed by atoms with Crippen molar-refractivity contribution in [2.45, 2.75) is 43.6 Å². The number of carbonyl (C=O) groups excluding carboxylic acids is 1. The Kier molecular flexibility index (Phi) is 5.82. The smallest absolute Gasteiger partial charge is 0.337 e. The molecule has 1 spiro atoms. The molecule has 0 amide bonds. The van der Waals surface area contributed by atoms with Crippen LogP contribution in [-0.2, 0) is 16.0 Å². The quantitative estimate of drug-likeness (QED) is 0.768. The number of piperidine rings is 1. The van der Waals surface area contributed by atoms with Crippen LogP contribution in [0.2, 0.25) is 0 Å². The third kappa shape index (κ3) is 3.71. The van der Waals surface area contributed by atoms with Gasteiger partial charge in [0.1, 0.15) is 11.9 Å². The number of aliphatic hydroxyl groups excluding tert-OH is 2. The molecule has 1 aromatic rings. The number of likely N-dealkylation sites (tertiary alicyclic amines) is 1. The Bertz CT molecular complexity index is 641. The summed E-state index contributed by atoms with van der Waals surface area (Å²) in [4.78, 5) is 14.0.